The normalized spacial score (nSPS) is 26.4. The van der Waals surface area contributed by atoms with E-state index < -0.39 is 5.97 Å². The van der Waals surface area contributed by atoms with Gasteiger partial charge in [0.15, 0.2) is 11.5 Å². The fourth-order valence-electron chi connectivity index (χ4n) is 3.97. The maximum atomic E-state index is 11.6. The number of benzene rings is 1. The molecule has 2 heterocycles. The summed E-state index contributed by atoms with van der Waals surface area (Å²) < 4.78 is 16.8. The van der Waals surface area contributed by atoms with E-state index in [0.29, 0.717) is 38.0 Å². The molecule has 2 atom stereocenters. The molecule has 1 aromatic rings. The van der Waals surface area contributed by atoms with Gasteiger partial charge in [0, 0.05) is 31.3 Å². The maximum Gasteiger partial charge on any atom is 0.308 e. The molecular formula is C18H23NO5. The molecule has 1 aromatic carbocycles. The summed E-state index contributed by atoms with van der Waals surface area (Å²) in [7, 11) is 1.64. The Morgan fingerprint density at radius 3 is 2.58 bits per heavy atom. The van der Waals surface area contributed by atoms with Crippen LogP contribution in [0.3, 0.4) is 0 Å². The molecular weight excluding hydrogens is 310 g/mol. The van der Waals surface area contributed by atoms with E-state index >= 15 is 0 Å². The molecule has 1 N–H and O–H groups in total. The summed E-state index contributed by atoms with van der Waals surface area (Å²) in [6, 6.07) is 3.83. The van der Waals surface area contributed by atoms with Gasteiger partial charge in [-0.15, -0.1) is 0 Å². The molecule has 0 amide bonds. The van der Waals surface area contributed by atoms with Gasteiger partial charge in [0.1, 0.15) is 19.0 Å². The Balaban J connectivity index is 1.53. The molecule has 4 rings (SSSR count). The topological polar surface area (TPSA) is 68.2 Å². The van der Waals surface area contributed by atoms with E-state index in [1.54, 1.807) is 7.11 Å². The molecule has 0 bridgehead atoms. The van der Waals surface area contributed by atoms with Gasteiger partial charge in [0.25, 0.3) is 0 Å². The molecule has 2 fully saturated rings. The van der Waals surface area contributed by atoms with Crippen LogP contribution >= 0.6 is 0 Å². The molecule has 6 heteroatoms. The number of carboxylic acids is 1. The fourth-order valence-corrected chi connectivity index (χ4v) is 3.97. The van der Waals surface area contributed by atoms with E-state index in [-0.39, 0.29) is 11.8 Å². The molecule has 0 unspecified atom stereocenters. The van der Waals surface area contributed by atoms with Crippen molar-refractivity contribution in [2.24, 2.45) is 17.8 Å². The Bertz CT molecular complexity index is 643. The Kier molecular flexibility index (Phi) is 4.00. The first-order chi connectivity index (χ1) is 11.7. The number of fused-ring (bicyclic) bond motifs is 1. The van der Waals surface area contributed by atoms with Crippen LogP contribution in [0, 0.1) is 17.8 Å². The number of aliphatic carboxylic acids is 1. The number of hydrogen-bond acceptors (Lipinski definition) is 5. The lowest BCUT2D eigenvalue weighted by Gasteiger charge is -2.23. The van der Waals surface area contributed by atoms with Crippen molar-refractivity contribution in [3.63, 3.8) is 0 Å². The molecule has 0 radical (unpaired) electrons. The van der Waals surface area contributed by atoms with Crippen molar-refractivity contribution in [1.82, 2.24) is 4.90 Å². The number of ether oxygens (including phenoxy) is 3. The third kappa shape index (κ3) is 2.90. The van der Waals surface area contributed by atoms with Crippen molar-refractivity contribution in [2.75, 3.05) is 33.4 Å². The van der Waals surface area contributed by atoms with Crippen molar-refractivity contribution in [3.05, 3.63) is 17.7 Å². The zero-order chi connectivity index (χ0) is 16.7. The average molecular weight is 333 g/mol. The third-order valence-corrected chi connectivity index (χ3v) is 5.32. The van der Waals surface area contributed by atoms with E-state index in [4.69, 9.17) is 14.2 Å². The van der Waals surface area contributed by atoms with Gasteiger partial charge in [-0.1, -0.05) is 0 Å². The summed E-state index contributed by atoms with van der Waals surface area (Å²) in [5.74, 6) is 2.18. The highest BCUT2D eigenvalue weighted by Crippen LogP contribution is 2.45. The molecule has 1 saturated heterocycles. The van der Waals surface area contributed by atoms with Gasteiger partial charge in [-0.2, -0.15) is 0 Å². The highest BCUT2D eigenvalue weighted by Gasteiger charge is 2.45. The largest absolute Gasteiger partial charge is 0.496 e. The van der Waals surface area contributed by atoms with Crippen LogP contribution in [-0.2, 0) is 11.3 Å². The highest BCUT2D eigenvalue weighted by atomic mass is 16.6. The Labute approximate surface area is 141 Å². The molecule has 130 valence electrons. The monoisotopic (exact) mass is 333 g/mol. The number of rotatable bonds is 5. The summed E-state index contributed by atoms with van der Waals surface area (Å²) in [6.45, 7) is 3.22. The minimum absolute atomic E-state index is 0.249. The van der Waals surface area contributed by atoms with Crippen LogP contribution < -0.4 is 14.2 Å². The van der Waals surface area contributed by atoms with E-state index in [0.717, 1.165) is 23.6 Å². The molecule has 2 aliphatic heterocycles. The minimum atomic E-state index is -0.663. The predicted octanol–water partition coefficient (Wildman–Crippen LogP) is 2.01. The zero-order valence-corrected chi connectivity index (χ0v) is 13.9. The molecule has 24 heavy (non-hydrogen) atoms. The summed E-state index contributed by atoms with van der Waals surface area (Å²) in [4.78, 5) is 13.8. The average Bonchev–Trinajstić information content (AvgIpc) is 3.34. The van der Waals surface area contributed by atoms with Gasteiger partial charge in [-0.25, -0.2) is 0 Å². The summed E-state index contributed by atoms with van der Waals surface area (Å²) >= 11 is 0. The lowest BCUT2D eigenvalue weighted by atomic mass is 9.92. The molecule has 6 nitrogen and oxygen atoms in total. The van der Waals surface area contributed by atoms with Gasteiger partial charge in [-0.3, -0.25) is 9.69 Å². The molecule has 1 saturated carbocycles. The second-order valence-corrected chi connectivity index (χ2v) is 6.95. The van der Waals surface area contributed by atoms with E-state index in [1.165, 1.54) is 12.8 Å². The molecule has 1 aliphatic carbocycles. The van der Waals surface area contributed by atoms with Crippen LogP contribution in [0.2, 0.25) is 0 Å². The summed E-state index contributed by atoms with van der Waals surface area (Å²) in [5, 5.41) is 9.52. The lowest BCUT2D eigenvalue weighted by molar-refractivity contribution is -0.142. The van der Waals surface area contributed by atoms with Gasteiger partial charge in [-0.05, 0) is 30.7 Å². The molecule has 3 aliphatic rings. The summed E-state index contributed by atoms with van der Waals surface area (Å²) in [6.07, 6.45) is 2.35. The minimum Gasteiger partial charge on any atom is -0.496 e. The number of carboxylic acid groups (broad SMARTS) is 1. The molecule has 0 aromatic heterocycles. The van der Waals surface area contributed by atoms with Gasteiger partial charge < -0.3 is 19.3 Å². The zero-order valence-electron chi connectivity index (χ0n) is 13.9. The smallest absolute Gasteiger partial charge is 0.308 e. The Hall–Kier alpha value is -1.95. The SMILES string of the molecule is COc1cc2c(cc1CN1C[C@@H](C(=O)O)[C@H](C3CC3)C1)OCCO2. The number of methoxy groups -OCH3 is 1. The van der Waals surface area contributed by atoms with Crippen LogP contribution in [0.15, 0.2) is 12.1 Å². The number of likely N-dealkylation sites (tertiary alicyclic amines) is 1. The van der Waals surface area contributed by atoms with Gasteiger partial charge in [0.05, 0.1) is 13.0 Å². The standard InChI is InChI=1S/C18H23NO5/c1-22-15-7-17-16(23-4-5-24-17)6-12(15)8-19-9-13(11-2-3-11)14(10-19)18(20)21/h6-7,11,13-14H,2-5,8-10H2,1H3,(H,20,21)/t13-,14+/m0/s1. The number of carbonyl (C=O) groups is 1. The van der Waals surface area contributed by atoms with Crippen LogP contribution in [0.4, 0.5) is 0 Å². The van der Waals surface area contributed by atoms with Crippen LogP contribution in [0.1, 0.15) is 18.4 Å². The van der Waals surface area contributed by atoms with Gasteiger partial charge >= 0.3 is 5.97 Å². The third-order valence-electron chi connectivity index (χ3n) is 5.32. The second-order valence-electron chi connectivity index (χ2n) is 6.95. The van der Waals surface area contributed by atoms with Crippen LogP contribution in [0.25, 0.3) is 0 Å². The Morgan fingerprint density at radius 1 is 1.25 bits per heavy atom. The van der Waals surface area contributed by atoms with E-state index in [9.17, 15) is 9.90 Å². The fraction of sp³-hybridized carbons (Fsp3) is 0.611. The second kappa shape index (κ2) is 6.16. The quantitative estimate of drug-likeness (QED) is 0.889. The lowest BCUT2D eigenvalue weighted by Crippen LogP contribution is -2.24. The van der Waals surface area contributed by atoms with Crippen molar-refractivity contribution < 1.29 is 24.1 Å². The first kappa shape index (κ1) is 15.6. The number of hydrogen-bond donors (Lipinski definition) is 1. The van der Waals surface area contributed by atoms with Gasteiger partial charge in [0.2, 0.25) is 0 Å². The van der Waals surface area contributed by atoms with Crippen molar-refractivity contribution >= 4 is 5.97 Å². The highest BCUT2D eigenvalue weighted by molar-refractivity contribution is 5.71. The van der Waals surface area contributed by atoms with Crippen molar-refractivity contribution in [2.45, 2.75) is 19.4 Å². The van der Waals surface area contributed by atoms with Crippen molar-refractivity contribution in [3.8, 4) is 17.2 Å². The van der Waals surface area contributed by atoms with Crippen LogP contribution in [0.5, 0.6) is 17.2 Å². The van der Waals surface area contributed by atoms with E-state index in [2.05, 4.69) is 4.90 Å². The summed E-state index contributed by atoms with van der Waals surface area (Å²) in [5.41, 5.74) is 1.02. The van der Waals surface area contributed by atoms with Crippen LogP contribution in [-0.4, -0.2) is 49.4 Å². The predicted molar refractivity (Wildman–Crippen MR) is 86.6 cm³/mol. The first-order valence-corrected chi connectivity index (χ1v) is 8.57. The molecule has 0 spiro atoms. The Morgan fingerprint density at radius 2 is 1.96 bits per heavy atom. The number of nitrogens with zero attached hydrogens (tertiary/aromatic N) is 1. The van der Waals surface area contributed by atoms with Crippen molar-refractivity contribution in [1.29, 1.82) is 0 Å². The maximum absolute atomic E-state index is 11.6. The van der Waals surface area contributed by atoms with E-state index in [1.807, 2.05) is 12.1 Å². The first-order valence-electron chi connectivity index (χ1n) is 8.57.